The van der Waals surface area contributed by atoms with Crippen LogP contribution in [0.15, 0.2) is 40.9 Å². The Bertz CT molecular complexity index is 839. The number of aromatic nitrogens is 2. The van der Waals surface area contributed by atoms with Crippen LogP contribution in [-0.2, 0) is 0 Å². The number of hydrogen-bond acceptors (Lipinski definition) is 2. The van der Waals surface area contributed by atoms with E-state index in [1.165, 1.54) is 0 Å². The van der Waals surface area contributed by atoms with Crippen LogP contribution in [-0.4, -0.2) is 15.9 Å². The zero-order chi connectivity index (χ0) is 15.0. The molecule has 0 saturated carbocycles. The maximum Gasteiger partial charge on any atom is 0.255 e. The Hall–Kier alpha value is -2.14. The molecule has 0 spiro atoms. The number of carbonyl (C=O) groups excluding carboxylic acids is 1. The van der Waals surface area contributed by atoms with Crippen LogP contribution in [0.2, 0.25) is 0 Å². The number of H-pyrrole nitrogens is 1. The number of nitrogens with one attached hydrogen (secondary N) is 2. The van der Waals surface area contributed by atoms with Gasteiger partial charge in [-0.15, -0.1) is 0 Å². The number of benzene rings is 2. The van der Waals surface area contributed by atoms with Gasteiger partial charge < -0.3 is 10.3 Å². The van der Waals surface area contributed by atoms with Gasteiger partial charge in [0, 0.05) is 15.7 Å². The smallest absolute Gasteiger partial charge is 0.255 e. The van der Waals surface area contributed by atoms with Crippen LogP contribution in [0, 0.1) is 13.8 Å². The van der Waals surface area contributed by atoms with Crippen molar-refractivity contribution in [3.63, 3.8) is 0 Å². The maximum absolute atomic E-state index is 12.4. The van der Waals surface area contributed by atoms with Crippen molar-refractivity contribution < 1.29 is 4.79 Å². The first-order valence-electron chi connectivity index (χ1n) is 6.57. The summed E-state index contributed by atoms with van der Waals surface area (Å²) in [5.41, 5.74) is 4.15. The minimum atomic E-state index is -0.121. The van der Waals surface area contributed by atoms with Crippen LogP contribution in [0.3, 0.4) is 0 Å². The highest BCUT2D eigenvalue weighted by Gasteiger charge is 2.10. The minimum absolute atomic E-state index is 0.121. The van der Waals surface area contributed by atoms with Crippen LogP contribution >= 0.6 is 15.9 Å². The van der Waals surface area contributed by atoms with Gasteiger partial charge in [-0.25, -0.2) is 4.98 Å². The molecular weight excluding hydrogens is 330 g/mol. The van der Waals surface area contributed by atoms with Crippen molar-refractivity contribution >= 4 is 38.6 Å². The molecule has 0 atom stereocenters. The highest BCUT2D eigenvalue weighted by atomic mass is 79.9. The van der Waals surface area contributed by atoms with Gasteiger partial charge in [0.15, 0.2) is 0 Å². The van der Waals surface area contributed by atoms with Gasteiger partial charge in [-0.3, -0.25) is 4.79 Å². The predicted octanol–water partition coefficient (Wildman–Crippen LogP) is 4.19. The Balaban J connectivity index is 1.90. The minimum Gasteiger partial charge on any atom is -0.342 e. The molecule has 5 heteroatoms. The second-order valence-electron chi connectivity index (χ2n) is 4.97. The average Bonchev–Trinajstić information content (AvgIpc) is 2.80. The van der Waals surface area contributed by atoms with Crippen molar-refractivity contribution in [2.75, 3.05) is 5.32 Å². The van der Waals surface area contributed by atoms with Crippen molar-refractivity contribution in [1.29, 1.82) is 0 Å². The first-order valence-corrected chi connectivity index (χ1v) is 7.36. The number of aryl methyl sites for hydroxylation is 2. The van der Waals surface area contributed by atoms with Crippen LogP contribution < -0.4 is 5.32 Å². The van der Waals surface area contributed by atoms with Gasteiger partial charge in [-0.1, -0.05) is 22.0 Å². The fourth-order valence-corrected chi connectivity index (χ4v) is 2.61. The fraction of sp³-hybridized carbons (Fsp3) is 0.125. The van der Waals surface area contributed by atoms with Crippen molar-refractivity contribution in [2.24, 2.45) is 0 Å². The molecule has 1 amide bonds. The molecule has 1 aromatic heterocycles. The van der Waals surface area contributed by atoms with Crippen molar-refractivity contribution in [2.45, 2.75) is 13.8 Å². The summed E-state index contributed by atoms with van der Waals surface area (Å²) in [5.74, 6) is 0.737. The largest absolute Gasteiger partial charge is 0.342 e. The third-order valence-corrected chi connectivity index (χ3v) is 3.80. The molecule has 3 rings (SSSR count). The lowest BCUT2D eigenvalue weighted by atomic mass is 10.1. The van der Waals surface area contributed by atoms with Crippen molar-refractivity contribution in [3.8, 4) is 0 Å². The summed E-state index contributed by atoms with van der Waals surface area (Å²) >= 11 is 3.39. The molecule has 1 heterocycles. The molecule has 0 aliphatic carbocycles. The van der Waals surface area contributed by atoms with Crippen LogP contribution in [0.4, 0.5) is 5.69 Å². The van der Waals surface area contributed by atoms with E-state index in [9.17, 15) is 4.79 Å². The van der Waals surface area contributed by atoms with Crippen molar-refractivity contribution in [1.82, 2.24) is 9.97 Å². The third-order valence-electron chi connectivity index (χ3n) is 3.30. The Morgan fingerprint density at radius 2 is 2.00 bits per heavy atom. The summed E-state index contributed by atoms with van der Waals surface area (Å²) in [6.07, 6.45) is 0. The molecule has 3 aromatic rings. The average molecular weight is 344 g/mol. The number of carbonyl (C=O) groups is 1. The number of anilines is 1. The molecule has 0 saturated heterocycles. The quantitative estimate of drug-likeness (QED) is 0.732. The third kappa shape index (κ3) is 2.83. The highest BCUT2D eigenvalue weighted by Crippen LogP contribution is 2.20. The van der Waals surface area contributed by atoms with E-state index in [1.54, 1.807) is 0 Å². The monoisotopic (exact) mass is 343 g/mol. The highest BCUT2D eigenvalue weighted by molar-refractivity contribution is 9.10. The van der Waals surface area contributed by atoms with E-state index in [4.69, 9.17) is 0 Å². The number of fused-ring (bicyclic) bond motifs is 1. The number of aromatic amines is 1. The fourth-order valence-electron chi connectivity index (χ4n) is 2.25. The summed E-state index contributed by atoms with van der Waals surface area (Å²) in [4.78, 5) is 19.9. The van der Waals surface area contributed by atoms with Gasteiger partial charge in [0.2, 0.25) is 0 Å². The van der Waals surface area contributed by atoms with Crippen LogP contribution in [0.5, 0.6) is 0 Å². The molecule has 21 heavy (non-hydrogen) atoms. The lowest BCUT2D eigenvalue weighted by Gasteiger charge is -2.08. The number of imidazole rings is 1. The normalized spacial score (nSPS) is 10.8. The van der Waals surface area contributed by atoms with Gasteiger partial charge >= 0.3 is 0 Å². The Kier molecular flexibility index (Phi) is 3.51. The van der Waals surface area contributed by atoms with Gasteiger partial charge in [-0.2, -0.15) is 0 Å². The van der Waals surface area contributed by atoms with E-state index in [0.29, 0.717) is 5.56 Å². The molecule has 0 fully saturated rings. The molecule has 0 unspecified atom stereocenters. The van der Waals surface area contributed by atoms with E-state index < -0.39 is 0 Å². The molecule has 0 bridgehead atoms. The molecule has 0 aliphatic rings. The summed E-state index contributed by atoms with van der Waals surface area (Å²) in [5, 5.41) is 2.92. The Labute approximate surface area is 130 Å². The summed E-state index contributed by atoms with van der Waals surface area (Å²) in [6, 6.07) is 11.3. The van der Waals surface area contributed by atoms with Gasteiger partial charge in [-0.05, 0) is 49.7 Å². The lowest BCUT2D eigenvalue weighted by Crippen LogP contribution is -2.13. The van der Waals surface area contributed by atoms with Crippen LogP contribution in [0.25, 0.3) is 11.0 Å². The molecule has 106 valence electrons. The molecule has 0 aliphatic heterocycles. The number of nitrogens with zero attached hydrogens (tertiary/aromatic N) is 1. The zero-order valence-electron chi connectivity index (χ0n) is 11.7. The molecule has 2 N–H and O–H groups in total. The number of halogens is 1. The summed E-state index contributed by atoms with van der Waals surface area (Å²) in [7, 11) is 0. The molecule has 2 aromatic carbocycles. The van der Waals surface area contributed by atoms with Crippen molar-refractivity contribution in [3.05, 3.63) is 57.8 Å². The Morgan fingerprint density at radius 1 is 1.19 bits per heavy atom. The standard InChI is InChI=1S/C16H14BrN3O/c1-9-3-4-11(17)7-13(9)16(21)20-12-5-6-14-15(8-12)19-10(2)18-14/h3-8H,1-2H3,(H,18,19)(H,20,21). The number of rotatable bonds is 2. The number of hydrogen-bond donors (Lipinski definition) is 2. The number of amides is 1. The molecule has 0 radical (unpaired) electrons. The van der Waals surface area contributed by atoms with E-state index in [0.717, 1.165) is 32.6 Å². The van der Waals surface area contributed by atoms with Gasteiger partial charge in [0.05, 0.1) is 11.0 Å². The van der Waals surface area contributed by atoms with E-state index >= 15 is 0 Å². The topological polar surface area (TPSA) is 57.8 Å². The van der Waals surface area contributed by atoms with E-state index in [2.05, 4.69) is 31.2 Å². The van der Waals surface area contributed by atoms with Crippen LogP contribution in [0.1, 0.15) is 21.7 Å². The predicted molar refractivity (Wildman–Crippen MR) is 87.7 cm³/mol. The first-order chi connectivity index (χ1) is 10.0. The van der Waals surface area contributed by atoms with E-state index in [1.807, 2.05) is 50.2 Å². The Morgan fingerprint density at radius 3 is 2.81 bits per heavy atom. The van der Waals surface area contributed by atoms with E-state index in [-0.39, 0.29) is 5.91 Å². The SMILES string of the molecule is Cc1nc2ccc(NC(=O)c3cc(Br)ccc3C)cc2[nH]1. The first kappa shape index (κ1) is 13.8. The van der Waals surface area contributed by atoms with Gasteiger partial charge in [0.25, 0.3) is 5.91 Å². The zero-order valence-corrected chi connectivity index (χ0v) is 13.3. The second-order valence-corrected chi connectivity index (χ2v) is 5.88. The maximum atomic E-state index is 12.4. The summed E-state index contributed by atoms with van der Waals surface area (Å²) < 4.78 is 0.887. The van der Waals surface area contributed by atoms with Gasteiger partial charge in [0.1, 0.15) is 5.82 Å². The molecule has 4 nitrogen and oxygen atoms in total. The lowest BCUT2D eigenvalue weighted by molar-refractivity contribution is 0.102. The molecular formula is C16H14BrN3O. The second kappa shape index (κ2) is 5.33. The summed E-state index contributed by atoms with van der Waals surface area (Å²) in [6.45, 7) is 3.83.